The van der Waals surface area contributed by atoms with Gasteiger partial charge in [0, 0.05) is 45.2 Å². The van der Waals surface area contributed by atoms with E-state index in [1.807, 2.05) is 4.90 Å². The maximum absolute atomic E-state index is 12.7. The normalized spacial score (nSPS) is 26.6. The molecule has 27 heavy (non-hydrogen) atoms. The number of hydrogen-bond donors (Lipinski definition) is 1. The van der Waals surface area contributed by atoms with Crippen LogP contribution in [-0.4, -0.2) is 74.1 Å². The fourth-order valence-corrected chi connectivity index (χ4v) is 5.06. The summed E-state index contributed by atoms with van der Waals surface area (Å²) in [6.45, 7) is 8.79. The number of aliphatic imine (C=N–C) groups is 1. The Balaban J connectivity index is 1.31. The molecule has 4 rings (SSSR count). The summed E-state index contributed by atoms with van der Waals surface area (Å²) in [5.74, 6) is 2.52. The van der Waals surface area contributed by atoms with Gasteiger partial charge < -0.3 is 19.9 Å². The van der Waals surface area contributed by atoms with E-state index in [1.54, 1.807) is 0 Å². The minimum Gasteiger partial charge on any atom is -0.378 e. The average Bonchev–Trinajstić information content (AvgIpc) is 3.52. The Morgan fingerprint density at radius 1 is 1.07 bits per heavy atom. The second kappa shape index (κ2) is 8.38. The van der Waals surface area contributed by atoms with E-state index in [0.29, 0.717) is 24.5 Å². The SMILES string of the molecule is CCNC(=NCC1(C2CC2)CCC1)N1CCC(C(=O)N2CCOCC2)CC1. The minimum atomic E-state index is 0.173. The molecule has 152 valence electrons. The number of likely N-dealkylation sites (tertiary alicyclic amines) is 1. The van der Waals surface area contributed by atoms with Gasteiger partial charge in [0.25, 0.3) is 0 Å². The van der Waals surface area contributed by atoms with Gasteiger partial charge in [-0.25, -0.2) is 0 Å². The van der Waals surface area contributed by atoms with E-state index in [-0.39, 0.29) is 5.92 Å². The van der Waals surface area contributed by atoms with Crippen molar-refractivity contribution in [2.45, 2.75) is 51.9 Å². The highest BCUT2D eigenvalue weighted by molar-refractivity contribution is 5.82. The van der Waals surface area contributed by atoms with E-state index >= 15 is 0 Å². The second-order valence-electron chi connectivity index (χ2n) is 8.86. The first kappa shape index (κ1) is 19.0. The molecule has 6 nitrogen and oxygen atoms in total. The number of nitrogens with zero attached hydrogens (tertiary/aromatic N) is 3. The number of nitrogens with one attached hydrogen (secondary N) is 1. The minimum absolute atomic E-state index is 0.173. The number of rotatable bonds is 5. The van der Waals surface area contributed by atoms with Crippen LogP contribution in [0.15, 0.2) is 4.99 Å². The number of carbonyl (C=O) groups is 1. The average molecular weight is 377 g/mol. The molecule has 0 spiro atoms. The molecule has 0 aromatic carbocycles. The highest BCUT2D eigenvalue weighted by atomic mass is 16.5. The first-order valence-electron chi connectivity index (χ1n) is 11.1. The van der Waals surface area contributed by atoms with Gasteiger partial charge in [0.1, 0.15) is 0 Å². The van der Waals surface area contributed by atoms with E-state index in [4.69, 9.17) is 9.73 Å². The third kappa shape index (κ3) is 4.25. The van der Waals surface area contributed by atoms with Gasteiger partial charge in [0.15, 0.2) is 5.96 Å². The summed E-state index contributed by atoms with van der Waals surface area (Å²) >= 11 is 0. The molecule has 0 unspecified atom stereocenters. The Hall–Kier alpha value is -1.30. The lowest BCUT2D eigenvalue weighted by Crippen LogP contribution is -2.50. The summed E-state index contributed by atoms with van der Waals surface area (Å²) in [4.78, 5) is 22.2. The highest BCUT2D eigenvalue weighted by Gasteiger charge is 2.48. The van der Waals surface area contributed by atoms with Crippen molar-refractivity contribution in [2.75, 3.05) is 52.5 Å². The van der Waals surface area contributed by atoms with E-state index in [2.05, 4.69) is 17.1 Å². The van der Waals surface area contributed by atoms with Crippen LogP contribution in [0.4, 0.5) is 0 Å². The number of amides is 1. The molecule has 0 aromatic heterocycles. The van der Waals surface area contributed by atoms with Crippen molar-refractivity contribution in [1.29, 1.82) is 0 Å². The number of piperidine rings is 1. The largest absolute Gasteiger partial charge is 0.378 e. The van der Waals surface area contributed by atoms with E-state index in [1.165, 1.54) is 32.1 Å². The van der Waals surface area contributed by atoms with Crippen molar-refractivity contribution in [3.05, 3.63) is 0 Å². The van der Waals surface area contributed by atoms with Crippen molar-refractivity contribution in [3.63, 3.8) is 0 Å². The van der Waals surface area contributed by atoms with E-state index < -0.39 is 0 Å². The molecule has 4 fully saturated rings. The zero-order chi connectivity index (χ0) is 18.7. The topological polar surface area (TPSA) is 57.2 Å². The Kier molecular flexibility index (Phi) is 5.90. The molecule has 4 aliphatic rings. The third-order valence-electron chi connectivity index (χ3n) is 7.14. The van der Waals surface area contributed by atoms with Crippen LogP contribution in [0, 0.1) is 17.3 Å². The predicted molar refractivity (Wildman–Crippen MR) is 107 cm³/mol. The van der Waals surface area contributed by atoms with E-state index in [0.717, 1.165) is 64.0 Å². The van der Waals surface area contributed by atoms with Gasteiger partial charge in [-0.15, -0.1) is 0 Å². The van der Waals surface area contributed by atoms with Crippen molar-refractivity contribution in [3.8, 4) is 0 Å². The first-order chi connectivity index (χ1) is 13.2. The lowest BCUT2D eigenvalue weighted by atomic mass is 9.65. The van der Waals surface area contributed by atoms with Gasteiger partial charge in [0.05, 0.1) is 13.2 Å². The van der Waals surface area contributed by atoms with Gasteiger partial charge in [-0.05, 0) is 56.8 Å². The summed E-state index contributed by atoms with van der Waals surface area (Å²) in [5.41, 5.74) is 0.519. The van der Waals surface area contributed by atoms with Crippen LogP contribution in [0.2, 0.25) is 0 Å². The fraction of sp³-hybridized carbons (Fsp3) is 0.905. The number of guanidine groups is 1. The Morgan fingerprint density at radius 3 is 2.33 bits per heavy atom. The maximum Gasteiger partial charge on any atom is 0.225 e. The number of hydrogen-bond acceptors (Lipinski definition) is 3. The van der Waals surface area contributed by atoms with Crippen molar-refractivity contribution in [2.24, 2.45) is 22.2 Å². The molecule has 2 saturated heterocycles. The molecular weight excluding hydrogens is 340 g/mol. The molecule has 6 heteroatoms. The Morgan fingerprint density at radius 2 is 1.78 bits per heavy atom. The Bertz CT molecular complexity index is 542. The summed E-state index contributed by atoms with van der Waals surface area (Å²) in [6, 6.07) is 0. The fourth-order valence-electron chi connectivity index (χ4n) is 5.06. The van der Waals surface area contributed by atoms with Crippen LogP contribution in [-0.2, 0) is 9.53 Å². The zero-order valence-electron chi connectivity index (χ0n) is 16.9. The van der Waals surface area contributed by atoms with E-state index in [9.17, 15) is 4.79 Å². The molecule has 0 bridgehead atoms. The van der Waals surface area contributed by atoms with Gasteiger partial charge in [-0.3, -0.25) is 9.79 Å². The summed E-state index contributed by atoms with van der Waals surface area (Å²) in [5, 5.41) is 3.50. The van der Waals surface area contributed by atoms with Gasteiger partial charge in [-0.1, -0.05) is 6.42 Å². The van der Waals surface area contributed by atoms with Crippen LogP contribution < -0.4 is 5.32 Å². The molecular formula is C21H36N4O2. The first-order valence-corrected chi connectivity index (χ1v) is 11.1. The standard InChI is InChI=1S/C21H36N4O2/c1-2-22-20(23-16-21(8-3-9-21)18-4-5-18)25-10-6-17(7-11-25)19(26)24-12-14-27-15-13-24/h17-18H,2-16H2,1H3,(H,22,23). The highest BCUT2D eigenvalue weighted by Crippen LogP contribution is 2.57. The summed E-state index contributed by atoms with van der Waals surface area (Å²) in [6.07, 6.45) is 8.84. The van der Waals surface area contributed by atoms with Crippen molar-refractivity contribution in [1.82, 2.24) is 15.1 Å². The van der Waals surface area contributed by atoms with Gasteiger partial charge >= 0.3 is 0 Å². The molecule has 0 atom stereocenters. The van der Waals surface area contributed by atoms with Crippen LogP contribution in [0.5, 0.6) is 0 Å². The van der Waals surface area contributed by atoms with Gasteiger partial charge in [0.2, 0.25) is 5.91 Å². The van der Waals surface area contributed by atoms with Crippen LogP contribution in [0.3, 0.4) is 0 Å². The molecule has 2 heterocycles. The quantitative estimate of drug-likeness (QED) is 0.590. The van der Waals surface area contributed by atoms with Crippen molar-refractivity contribution < 1.29 is 9.53 Å². The number of morpholine rings is 1. The second-order valence-corrected chi connectivity index (χ2v) is 8.86. The molecule has 0 radical (unpaired) electrons. The van der Waals surface area contributed by atoms with Crippen LogP contribution in [0.25, 0.3) is 0 Å². The summed E-state index contributed by atoms with van der Waals surface area (Å²) < 4.78 is 5.38. The molecule has 1 amide bonds. The zero-order valence-corrected chi connectivity index (χ0v) is 16.9. The molecule has 2 aliphatic heterocycles. The molecule has 1 N–H and O–H groups in total. The lowest BCUT2D eigenvalue weighted by molar-refractivity contribution is -0.140. The lowest BCUT2D eigenvalue weighted by Gasteiger charge is -2.42. The smallest absolute Gasteiger partial charge is 0.225 e. The van der Waals surface area contributed by atoms with Gasteiger partial charge in [-0.2, -0.15) is 0 Å². The third-order valence-corrected chi connectivity index (χ3v) is 7.14. The molecule has 2 aliphatic carbocycles. The van der Waals surface area contributed by atoms with Crippen LogP contribution >= 0.6 is 0 Å². The number of carbonyl (C=O) groups excluding carboxylic acids is 1. The monoisotopic (exact) mass is 376 g/mol. The van der Waals surface area contributed by atoms with Crippen LogP contribution in [0.1, 0.15) is 51.9 Å². The Labute approximate surface area is 163 Å². The predicted octanol–water partition coefficient (Wildman–Crippen LogP) is 2.10. The molecule has 2 saturated carbocycles. The number of ether oxygens (including phenoxy) is 1. The summed E-state index contributed by atoms with van der Waals surface area (Å²) in [7, 11) is 0. The maximum atomic E-state index is 12.7. The molecule has 0 aromatic rings. The van der Waals surface area contributed by atoms with Crippen molar-refractivity contribution >= 4 is 11.9 Å².